The fourth-order valence-electron chi connectivity index (χ4n) is 3.21. The maximum Gasteiger partial charge on any atom is 0.327 e. The number of para-hydroxylation sites is 1. The van der Waals surface area contributed by atoms with Gasteiger partial charge in [-0.1, -0.05) is 48.0 Å². The summed E-state index contributed by atoms with van der Waals surface area (Å²) in [6.07, 6.45) is 6.26. The number of carbonyl (C=O) groups is 1. The fourth-order valence-corrected chi connectivity index (χ4v) is 4.64. The van der Waals surface area contributed by atoms with Crippen LogP contribution in [0.2, 0.25) is 0 Å². The van der Waals surface area contributed by atoms with Crippen molar-refractivity contribution in [2.75, 3.05) is 10.8 Å². The van der Waals surface area contributed by atoms with Gasteiger partial charge in [-0.25, -0.2) is 8.42 Å². The number of sulfonamides is 1. The summed E-state index contributed by atoms with van der Waals surface area (Å²) in [7, 11) is -4.08. The Bertz CT molecular complexity index is 1280. The lowest BCUT2D eigenvalue weighted by atomic mass is 10.1. The van der Waals surface area contributed by atoms with Crippen molar-refractivity contribution < 1.29 is 22.7 Å². The molecule has 0 bridgehead atoms. The summed E-state index contributed by atoms with van der Waals surface area (Å²) in [5.41, 5.74) is 1.84. The predicted molar refractivity (Wildman–Crippen MR) is 132 cm³/mol. The van der Waals surface area contributed by atoms with Gasteiger partial charge in [0.2, 0.25) is 0 Å². The van der Waals surface area contributed by atoms with Gasteiger partial charge in [0, 0.05) is 12.1 Å². The Hall–Kier alpha value is -3.65. The van der Waals surface area contributed by atoms with E-state index in [1.54, 1.807) is 81.5 Å². The van der Waals surface area contributed by atoms with Crippen molar-refractivity contribution in [2.24, 2.45) is 0 Å². The normalized spacial score (nSPS) is 12.0. The molecule has 2 aromatic carbocycles. The second kappa shape index (κ2) is 10.1. The number of nitrogens with zero attached hydrogens (tertiary/aromatic N) is 2. The van der Waals surface area contributed by atoms with E-state index < -0.39 is 28.1 Å². The highest BCUT2D eigenvalue weighted by Crippen LogP contribution is 2.29. The minimum atomic E-state index is -4.08. The summed E-state index contributed by atoms with van der Waals surface area (Å²) in [6, 6.07) is 16.7. The first-order valence-electron chi connectivity index (χ1n) is 10.7. The van der Waals surface area contributed by atoms with E-state index in [2.05, 4.69) is 0 Å². The van der Waals surface area contributed by atoms with Crippen molar-refractivity contribution in [1.29, 1.82) is 0 Å². The second-order valence-electron chi connectivity index (χ2n) is 8.79. The third-order valence-electron chi connectivity index (χ3n) is 4.79. The summed E-state index contributed by atoms with van der Waals surface area (Å²) < 4.78 is 34.5. The number of pyridine rings is 1. The van der Waals surface area contributed by atoms with Crippen LogP contribution < -0.4 is 9.04 Å². The van der Waals surface area contributed by atoms with Gasteiger partial charge in [-0.15, -0.1) is 0 Å². The number of aryl methyl sites for hydroxylation is 1. The summed E-state index contributed by atoms with van der Waals surface area (Å²) in [4.78, 5) is 12.8. The summed E-state index contributed by atoms with van der Waals surface area (Å²) in [5, 5.41) is 11.3. The Kier molecular flexibility index (Phi) is 7.41. The van der Waals surface area contributed by atoms with Gasteiger partial charge >= 0.3 is 5.97 Å². The monoisotopic (exact) mass is 480 g/mol. The summed E-state index contributed by atoms with van der Waals surface area (Å²) >= 11 is 0. The van der Waals surface area contributed by atoms with Crippen molar-refractivity contribution in [3.8, 4) is 0 Å². The van der Waals surface area contributed by atoms with Crippen molar-refractivity contribution in [2.45, 2.75) is 38.2 Å². The quantitative estimate of drug-likeness (QED) is 0.285. The smallest absolute Gasteiger partial charge is 0.327 e. The Morgan fingerprint density at radius 2 is 1.62 bits per heavy atom. The van der Waals surface area contributed by atoms with E-state index in [4.69, 9.17) is 4.74 Å². The van der Waals surface area contributed by atoms with Gasteiger partial charge in [-0.2, -0.15) is 4.73 Å². The molecule has 1 heterocycles. The zero-order valence-corrected chi connectivity index (χ0v) is 20.5. The number of rotatable bonds is 7. The standard InChI is InChI=1S/C26H28N2O5S/c1-20-9-13-23(14-10-20)34(31,32)28(19-25(29)33-26(2,3)4)24-8-6-5-7-22(24)12-11-21-15-17-27(30)18-16-21/h5-18H,19H2,1-4H3/b12-11+. The molecule has 0 saturated heterocycles. The number of esters is 1. The Morgan fingerprint density at radius 3 is 2.24 bits per heavy atom. The number of carbonyl (C=O) groups excluding carboxylic acids is 1. The summed E-state index contributed by atoms with van der Waals surface area (Å²) in [5.74, 6) is -0.662. The van der Waals surface area contributed by atoms with Crippen molar-refractivity contribution >= 4 is 33.8 Å². The lowest BCUT2D eigenvalue weighted by molar-refractivity contribution is -0.605. The molecule has 0 atom stereocenters. The van der Waals surface area contributed by atoms with Crippen molar-refractivity contribution in [3.63, 3.8) is 0 Å². The third kappa shape index (κ3) is 6.45. The lowest BCUT2D eigenvalue weighted by Crippen LogP contribution is -2.39. The number of hydrogen-bond acceptors (Lipinski definition) is 5. The molecule has 0 fully saturated rings. The van der Waals surface area contributed by atoms with Gasteiger partial charge in [0.25, 0.3) is 10.0 Å². The molecule has 0 spiro atoms. The molecule has 0 N–H and O–H groups in total. The van der Waals surface area contributed by atoms with E-state index >= 15 is 0 Å². The van der Waals surface area contributed by atoms with Crippen LogP contribution in [0.3, 0.4) is 0 Å². The highest BCUT2D eigenvalue weighted by molar-refractivity contribution is 7.92. The Labute approximate surface area is 200 Å². The minimum Gasteiger partial charge on any atom is -0.619 e. The molecular formula is C26H28N2O5S. The SMILES string of the molecule is Cc1ccc(S(=O)(=O)N(CC(=O)OC(C)(C)C)c2ccccc2/C=C/c2cc[n+]([O-])cc2)cc1. The van der Waals surface area contributed by atoms with E-state index in [-0.39, 0.29) is 4.90 Å². The first-order chi connectivity index (χ1) is 16.0. The average Bonchev–Trinajstić information content (AvgIpc) is 2.76. The molecule has 0 unspecified atom stereocenters. The number of hydrogen-bond donors (Lipinski definition) is 0. The fraction of sp³-hybridized carbons (Fsp3) is 0.231. The zero-order chi connectivity index (χ0) is 24.9. The van der Waals surface area contributed by atoms with Crippen LogP contribution in [0, 0.1) is 12.1 Å². The molecule has 178 valence electrons. The van der Waals surface area contributed by atoms with E-state index in [1.165, 1.54) is 24.5 Å². The molecule has 0 aliphatic carbocycles. The molecule has 0 radical (unpaired) electrons. The predicted octanol–water partition coefficient (Wildman–Crippen LogP) is 4.34. The molecule has 7 nitrogen and oxygen atoms in total. The first kappa shape index (κ1) is 25.0. The zero-order valence-electron chi connectivity index (χ0n) is 19.6. The van der Waals surface area contributed by atoms with E-state index in [0.29, 0.717) is 16.0 Å². The van der Waals surface area contributed by atoms with Crippen LogP contribution in [0.5, 0.6) is 0 Å². The van der Waals surface area contributed by atoms with Gasteiger partial charge in [0.1, 0.15) is 12.1 Å². The molecule has 8 heteroatoms. The minimum absolute atomic E-state index is 0.0727. The number of aromatic nitrogens is 1. The highest BCUT2D eigenvalue weighted by atomic mass is 32.2. The van der Waals surface area contributed by atoms with Crippen LogP contribution in [0.1, 0.15) is 37.5 Å². The van der Waals surface area contributed by atoms with Crippen LogP contribution in [0.25, 0.3) is 12.2 Å². The van der Waals surface area contributed by atoms with Gasteiger partial charge < -0.3 is 9.94 Å². The molecule has 3 aromatic rings. The van der Waals surface area contributed by atoms with Crippen LogP contribution in [0.4, 0.5) is 5.69 Å². The molecular weight excluding hydrogens is 452 g/mol. The first-order valence-corrected chi connectivity index (χ1v) is 12.2. The van der Waals surface area contributed by atoms with Crippen LogP contribution >= 0.6 is 0 Å². The van der Waals surface area contributed by atoms with Crippen LogP contribution in [-0.4, -0.2) is 26.5 Å². The van der Waals surface area contributed by atoms with Crippen LogP contribution in [-0.2, 0) is 19.6 Å². The molecule has 0 amide bonds. The van der Waals surface area contributed by atoms with Crippen molar-refractivity contribution in [3.05, 3.63) is 95.0 Å². The number of anilines is 1. The number of benzene rings is 2. The molecule has 0 saturated carbocycles. The van der Waals surface area contributed by atoms with E-state index in [0.717, 1.165) is 15.4 Å². The maximum absolute atomic E-state index is 13.7. The molecule has 0 aliphatic heterocycles. The third-order valence-corrected chi connectivity index (χ3v) is 6.56. The molecule has 34 heavy (non-hydrogen) atoms. The topological polar surface area (TPSA) is 90.6 Å². The van der Waals surface area contributed by atoms with Gasteiger partial charge in [0.05, 0.1) is 10.6 Å². The average molecular weight is 481 g/mol. The second-order valence-corrected chi connectivity index (χ2v) is 10.7. The Morgan fingerprint density at radius 1 is 1.00 bits per heavy atom. The number of ether oxygens (including phenoxy) is 1. The van der Waals surface area contributed by atoms with Crippen LogP contribution in [0.15, 0.2) is 78.0 Å². The van der Waals surface area contributed by atoms with Crippen molar-refractivity contribution in [1.82, 2.24) is 0 Å². The van der Waals surface area contributed by atoms with Gasteiger partial charge in [0.15, 0.2) is 12.4 Å². The highest BCUT2D eigenvalue weighted by Gasteiger charge is 2.30. The van der Waals surface area contributed by atoms with Gasteiger partial charge in [-0.3, -0.25) is 9.10 Å². The lowest BCUT2D eigenvalue weighted by Gasteiger charge is -2.27. The van der Waals surface area contributed by atoms with Gasteiger partial charge in [-0.05, 0) is 57.0 Å². The molecule has 0 aliphatic rings. The molecule has 1 aromatic heterocycles. The Balaban J connectivity index is 2.06. The molecule has 3 rings (SSSR count). The van der Waals surface area contributed by atoms with E-state index in [9.17, 15) is 18.4 Å². The largest absolute Gasteiger partial charge is 0.619 e. The maximum atomic E-state index is 13.7. The van der Waals surface area contributed by atoms with E-state index in [1.807, 2.05) is 6.92 Å². The summed E-state index contributed by atoms with van der Waals surface area (Å²) in [6.45, 7) is 6.57.